The highest BCUT2D eigenvalue weighted by molar-refractivity contribution is 6.25. The standard InChI is InChI=1S/C41H29N/c1-3-13-28(14-4-1)40-26-31(27-41(42-40)29-15-5-2-6-16-29)33-18-8-7-17-32(33)30-23-24-38-36-21-10-9-19-34(36)35-20-11-12-22-37(35)39(38)25-30/h1-27,40,42H. The Morgan fingerprint density at radius 3 is 1.60 bits per heavy atom. The minimum Gasteiger partial charge on any atom is -0.374 e. The Kier molecular flexibility index (Phi) is 5.93. The molecule has 0 aliphatic carbocycles. The van der Waals surface area contributed by atoms with Crippen molar-refractivity contribution in [3.05, 3.63) is 181 Å². The van der Waals surface area contributed by atoms with E-state index in [2.05, 4.69) is 169 Å². The molecule has 0 fully saturated rings. The van der Waals surface area contributed by atoms with E-state index in [0.29, 0.717) is 0 Å². The molecule has 0 amide bonds. The molecule has 7 aromatic carbocycles. The van der Waals surface area contributed by atoms with Gasteiger partial charge in [-0.2, -0.15) is 0 Å². The first-order valence-corrected chi connectivity index (χ1v) is 14.6. The normalized spacial score (nSPS) is 14.9. The fraction of sp³-hybridized carbons (Fsp3) is 0.0244. The van der Waals surface area contributed by atoms with Gasteiger partial charge in [0.15, 0.2) is 0 Å². The predicted octanol–water partition coefficient (Wildman–Crippen LogP) is 10.6. The molecule has 42 heavy (non-hydrogen) atoms. The molecule has 1 atom stereocenters. The van der Waals surface area contributed by atoms with E-state index >= 15 is 0 Å². The second kappa shape index (κ2) is 10.2. The lowest BCUT2D eigenvalue weighted by Gasteiger charge is -2.26. The smallest absolute Gasteiger partial charge is 0.0707 e. The molecule has 8 rings (SSSR count). The van der Waals surface area contributed by atoms with E-state index < -0.39 is 0 Å². The van der Waals surface area contributed by atoms with Crippen LogP contribution in [0.25, 0.3) is 54.7 Å². The van der Waals surface area contributed by atoms with Crippen molar-refractivity contribution in [2.24, 2.45) is 0 Å². The van der Waals surface area contributed by atoms with Gasteiger partial charge in [0, 0.05) is 5.70 Å². The molecule has 1 N–H and O–H groups in total. The summed E-state index contributed by atoms with van der Waals surface area (Å²) in [7, 11) is 0. The molecular formula is C41H29N. The Morgan fingerprint density at radius 1 is 0.405 bits per heavy atom. The van der Waals surface area contributed by atoms with Gasteiger partial charge in [0.25, 0.3) is 0 Å². The van der Waals surface area contributed by atoms with Crippen LogP contribution >= 0.6 is 0 Å². The summed E-state index contributed by atoms with van der Waals surface area (Å²) in [6.45, 7) is 0. The molecule has 1 aliphatic rings. The summed E-state index contributed by atoms with van der Waals surface area (Å²) in [6, 6.07) is 54.8. The van der Waals surface area contributed by atoms with Gasteiger partial charge in [0.05, 0.1) is 6.04 Å². The number of benzene rings is 7. The Balaban J connectivity index is 1.33. The van der Waals surface area contributed by atoms with Crippen molar-refractivity contribution in [2.75, 3.05) is 0 Å². The molecule has 1 unspecified atom stereocenters. The molecule has 0 radical (unpaired) electrons. The summed E-state index contributed by atoms with van der Waals surface area (Å²) in [5.74, 6) is 0. The van der Waals surface area contributed by atoms with E-state index in [4.69, 9.17) is 0 Å². The van der Waals surface area contributed by atoms with Gasteiger partial charge < -0.3 is 5.32 Å². The molecule has 1 aliphatic heterocycles. The van der Waals surface area contributed by atoms with E-state index in [1.54, 1.807) is 0 Å². The zero-order valence-electron chi connectivity index (χ0n) is 23.2. The van der Waals surface area contributed by atoms with Crippen molar-refractivity contribution in [3.8, 4) is 11.1 Å². The highest BCUT2D eigenvalue weighted by atomic mass is 14.9. The first-order chi connectivity index (χ1) is 20.8. The Bertz CT molecular complexity index is 2120. The average Bonchev–Trinajstić information content (AvgIpc) is 3.09. The van der Waals surface area contributed by atoms with Crippen LogP contribution in [-0.2, 0) is 0 Å². The summed E-state index contributed by atoms with van der Waals surface area (Å²) in [5.41, 5.74) is 8.49. The molecule has 198 valence electrons. The van der Waals surface area contributed by atoms with Gasteiger partial charge in [0.1, 0.15) is 0 Å². The Hall–Kier alpha value is -5.40. The largest absolute Gasteiger partial charge is 0.374 e. The highest BCUT2D eigenvalue weighted by Gasteiger charge is 2.20. The number of rotatable bonds is 4. The molecule has 1 heteroatoms. The van der Waals surface area contributed by atoms with Crippen LogP contribution in [0, 0.1) is 0 Å². The molecular weight excluding hydrogens is 506 g/mol. The third kappa shape index (κ3) is 4.19. The van der Waals surface area contributed by atoms with E-state index in [1.807, 2.05) is 0 Å². The summed E-state index contributed by atoms with van der Waals surface area (Å²) in [6.07, 6.45) is 4.67. The zero-order valence-corrected chi connectivity index (χ0v) is 23.2. The Morgan fingerprint density at radius 2 is 0.929 bits per heavy atom. The van der Waals surface area contributed by atoms with Gasteiger partial charge in [-0.25, -0.2) is 0 Å². The van der Waals surface area contributed by atoms with Gasteiger partial charge in [-0.3, -0.25) is 0 Å². The summed E-state index contributed by atoms with van der Waals surface area (Å²) < 4.78 is 0. The number of fused-ring (bicyclic) bond motifs is 6. The highest BCUT2D eigenvalue weighted by Crippen LogP contribution is 2.40. The SMILES string of the molecule is C1=C(c2ccccc2)NC(c2ccccc2)C=C1c1ccccc1-c1ccc2c3ccccc3c3ccccc3c2c1. The average molecular weight is 536 g/mol. The number of nitrogens with one attached hydrogen (secondary N) is 1. The molecule has 7 aromatic rings. The maximum absolute atomic E-state index is 3.79. The monoisotopic (exact) mass is 535 g/mol. The third-order valence-corrected chi connectivity index (χ3v) is 8.49. The summed E-state index contributed by atoms with van der Waals surface area (Å²) in [5, 5.41) is 11.6. The lowest BCUT2D eigenvalue weighted by Crippen LogP contribution is -2.21. The molecule has 0 bridgehead atoms. The minimum atomic E-state index is 0.0707. The number of hydrogen-bond donors (Lipinski definition) is 1. The number of dihydropyridines is 1. The quantitative estimate of drug-likeness (QED) is 0.221. The van der Waals surface area contributed by atoms with Crippen molar-refractivity contribution in [1.82, 2.24) is 5.32 Å². The molecule has 0 spiro atoms. The first kappa shape index (κ1) is 24.4. The molecule has 1 heterocycles. The van der Waals surface area contributed by atoms with Crippen molar-refractivity contribution in [1.29, 1.82) is 0 Å². The lowest BCUT2D eigenvalue weighted by atomic mass is 9.87. The van der Waals surface area contributed by atoms with Crippen molar-refractivity contribution in [3.63, 3.8) is 0 Å². The Labute approximate surface area is 246 Å². The number of allylic oxidation sites excluding steroid dienone is 2. The van der Waals surface area contributed by atoms with Crippen LogP contribution in [0.2, 0.25) is 0 Å². The second-order valence-electron chi connectivity index (χ2n) is 11.0. The third-order valence-electron chi connectivity index (χ3n) is 8.49. The van der Waals surface area contributed by atoms with Crippen LogP contribution in [0.1, 0.15) is 22.7 Å². The van der Waals surface area contributed by atoms with Gasteiger partial charge >= 0.3 is 0 Å². The zero-order chi connectivity index (χ0) is 27.9. The van der Waals surface area contributed by atoms with Gasteiger partial charge in [-0.1, -0.05) is 146 Å². The van der Waals surface area contributed by atoms with Crippen LogP contribution < -0.4 is 5.32 Å². The molecule has 0 saturated carbocycles. The van der Waals surface area contributed by atoms with Gasteiger partial charge in [0.2, 0.25) is 0 Å². The number of hydrogen-bond acceptors (Lipinski definition) is 1. The maximum atomic E-state index is 3.79. The van der Waals surface area contributed by atoms with Crippen LogP contribution in [0.5, 0.6) is 0 Å². The van der Waals surface area contributed by atoms with Crippen LogP contribution in [-0.4, -0.2) is 0 Å². The predicted molar refractivity (Wildman–Crippen MR) is 179 cm³/mol. The van der Waals surface area contributed by atoms with E-state index in [-0.39, 0.29) is 6.04 Å². The van der Waals surface area contributed by atoms with Gasteiger partial charge in [-0.05, 0) is 83.9 Å². The maximum Gasteiger partial charge on any atom is 0.0707 e. The topological polar surface area (TPSA) is 12.0 Å². The van der Waals surface area contributed by atoms with Crippen molar-refractivity contribution >= 4 is 43.6 Å². The van der Waals surface area contributed by atoms with E-state index in [9.17, 15) is 0 Å². The molecule has 0 aromatic heterocycles. The fourth-order valence-corrected chi connectivity index (χ4v) is 6.49. The fourth-order valence-electron chi connectivity index (χ4n) is 6.49. The van der Waals surface area contributed by atoms with Crippen LogP contribution in [0.3, 0.4) is 0 Å². The lowest BCUT2D eigenvalue weighted by molar-refractivity contribution is 0.767. The van der Waals surface area contributed by atoms with E-state index in [0.717, 1.165) is 5.70 Å². The first-order valence-electron chi connectivity index (χ1n) is 14.6. The molecule has 1 nitrogen and oxygen atoms in total. The second-order valence-corrected chi connectivity index (χ2v) is 11.0. The van der Waals surface area contributed by atoms with Crippen LogP contribution in [0.15, 0.2) is 164 Å². The van der Waals surface area contributed by atoms with Crippen molar-refractivity contribution in [2.45, 2.75) is 6.04 Å². The molecule has 0 saturated heterocycles. The van der Waals surface area contributed by atoms with Gasteiger partial charge in [-0.15, -0.1) is 0 Å². The van der Waals surface area contributed by atoms with Crippen LogP contribution in [0.4, 0.5) is 0 Å². The summed E-state index contributed by atoms with van der Waals surface area (Å²) in [4.78, 5) is 0. The van der Waals surface area contributed by atoms with Crippen molar-refractivity contribution < 1.29 is 0 Å². The minimum absolute atomic E-state index is 0.0707. The summed E-state index contributed by atoms with van der Waals surface area (Å²) >= 11 is 0. The van der Waals surface area contributed by atoms with E-state index in [1.165, 1.54) is 65.7 Å².